The fraction of sp³-hybridized carbons (Fsp3) is 0.348. The van der Waals surface area contributed by atoms with Gasteiger partial charge in [0, 0.05) is 24.5 Å². The summed E-state index contributed by atoms with van der Waals surface area (Å²) >= 11 is 0. The summed E-state index contributed by atoms with van der Waals surface area (Å²) in [4.78, 5) is 37.1. The van der Waals surface area contributed by atoms with E-state index in [4.69, 9.17) is 9.47 Å². The van der Waals surface area contributed by atoms with Gasteiger partial charge in [-0.2, -0.15) is 0 Å². The molecule has 1 saturated heterocycles. The van der Waals surface area contributed by atoms with Crippen molar-refractivity contribution in [3.63, 3.8) is 0 Å². The molecule has 3 rings (SSSR count). The van der Waals surface area contributed by atoms with Crippen LogP contribution in [0.5, 0.6) is 5.75 Å². The lowest BCUT2D eigenvalue weighted by Gasteiger charge is -2.32. The third-order valence-corrected chi connectivity index (χ3v) is 5.06. The van der Waals surface area contributed by atoms with Gasteiger partial charge in [-0.3, -0.25) is 9.59 Å². The Balaban J connectivity index is 1.41. The molecule has 0 aliphatic carbocycles. The molecule has 158 valence electrons. The highest BCUT2D eigenvalue weighted by molar-refractivity contribution is 5.93. The van der Waals surface area contributed by atoms with Crippen molar-refractivity contribution in [1.29, 1.82) is 0 Å². The zero-order chi connectivity index (χ0) is 21.3. The van der Waals surface area contributed by atoms with Crippen molar-refractivity contribution in [3.05, 3.63) is 54.1 Å². The number of anilines is 2. The first-order valence-corrected chi connectivity index (χ1v) is 10.0. The van der Waals surface area contributed by atoms with Gasteiger partial charge in [0.25, 0.3) is 5.91 Å². The van der Waals surface area contributed by atoms with Crippen LogP contribution in [0.25, 0.3) is 0 Å². The molecule has 2 aromatic carbocycles. The van der Waals surface area contributed by atoms with Crippen LogP contribution in [0.15, 0.2) is 48.5 Å². The van der Waals surface area contributed by atoms with Gasteiger partial charge in [-0.15, -0.1) is 0 Å². The number of amides is 1. The molecule has 1 aliphatic rings. The second-order valence-corrected chi connectivity index (χ2v) is 7.37. The molecule has 1 fully saturated rings. The summed E-state index contributed by atoms with van der Waals surface area (Å²) in [6.07, 6.45) is 3.02. The summed E-state index contributed by atoms with van der Waals surface area (Å²) in [5.41, 5.74) is 2.12. The normalized spacial score (nSPS) is 14.1. The molecular weight excluding hydrogens is 384 g/mol. The summed E-state index contributed by atoms with van der Waals surface area (Å²) in [7, 11) is 0. The van der Waals surface area contributed by atoms with Gasteiger partial charge in [0.2, 0.25) is 0 Å². The van der Waals surface area contributed by atoms with Crippen molar-refractivity contribution in [1.82, 2.24) is 0 Å². The third kappa shape index (κ3) is 6.07. The van der Waals surface area contributed by atoms with E-state index in [0.717, 1.165) is 24.7 Å². The predicted molar refractivity (Wildman–Crippen MR) is 114 cm³/mol. The molecule has 0 radical (unpaired) electrons. The van der Waals surface area contributed by atoms with Crippen LogP contribution in [-0.2, 0) is 14.3 Å². The molecule has 0 aromatic heterocycles. The fourth-order valence-electron chi connectivity index (χ4n) is 3.25. The molecule has 7 heteroatoms. The number of esters is 1. The summed E-state index contributed by atoms with van der Waals surface area (Å²) < 4.78 is 10.2. The van der Waals surface area contributed by atoms with Crippen molar-refractivity contribution >= 4 is 29.5 Å². The molecule has 1 N–H and O–H groups in total. The SMILES string of the molecule is CC1CCN(c2ccc(NC(=O)COC(=O)COc3ccccc3C=O)cc2)CC1. The minimum Gasteiger partial charge on any atom is -0.481 e. The van der Waals surface area contributed by atoms with Crippen molar-refractivity contribution in [2.24, 2.45) is 5.92 Å². The van der Waals surface area contributed by atoms with E-state index in [2.05, 4.69) is 17.1 Å². The number of para-hydroxylation sites is 1. The van der Waals surface area contributed by atoms with Gasteiger partial charge in [0.1, 0.15) is 5.75 Å². The van der Waals surface area contributed by atoms with Crippen LogP contribution in [0, 0.1) is 5.92 Å². The number of benzene rings is 2. The number of aldehydes is 1. The Morgan fingerprint density at radius 2 is 1.77 bits per heavy atom. The van der Waals surface area contributed by atoms with E-state index in [1.807, 2.05) is 24.3 Å². The van der Waals surface area contributed by atoms with Crippen LogP contribution in [0.2, 0.25) is 0 Å². The molecule has 0 unspecified atom stereocenters. The first kappa shape index (κ1) is 21.4. The molecule has 30 heavy (non-hydrogen) atoms. The molecule has 1 amide bonds. The topological polar surface area (TPSA) is 84.9 Å². The summed E-state index contributed by atoms with van der Waals surface area (Å²) in [5, 5.41) is 2.70. The quantitative estimate of drug-likeness (QED) is 0.531. The number of piperidine rings is 1. The van der Waals surface area contributed by atoms with Gasteiger partial charge in [-0.05, 0) is 55.2 Å². The standard InChI is InChI=1S/C23H26N2O5/c1-17-10-12-25(13-11-17)20-8-6-19(7-9-20)24-22(27)15-30-23(28)16-29-21-5-3-2-4-18(21)14-26/h2-9,14,17H,10-13,15-16H2,1H3,(H,24,27). The average Bonchev–Trinajstić information content (AvgIpc) is 2.77. The van der Waals surface area contributed by atoms with E-state index >= 15 is 0 Å². The van der Waals surface area contributed by atoms with E-state index < -0.39 is 18.5 Å². The Morgan fingerprint density at radius 1 is 1.07 bits per heavy atom. The highest BCUT2D eigenvalue weighted by atomic mass is 16.6. The molecule has 0 atom stereocenters. The number of carbonyl (C=O) groups excluding carboxylic acids is 3. The number of rotatable bonds is 8. The maximum atomic E-state index is 12.0. The number of nitrogens with zero attached hydrogens (tertiary/aromatic N) is 1. The van der Waals surface area contributed by atoms with Crippen LogP contribution in [0.3, 0.4) is 0 Å². The van der Waals surface area contributed by atoms with E-state index in [1.54, 1.807) is 24.3 Å². The van der Waals surface area contributed by atoms with Gasteiger partial charge in [0.05, 0.1) is 5.56 Å². The predicted octanol–water partition coefficient (Wildman–Crippen LogP) is 3.30. The van der Waals surface area contributed by atoms with Crippen LogP contribution in [0.4, 0.5) is 11.4 Å². The number of nitrogens with one attached hydrogen (secondary N) is 1. The number of ether oxygens (including phenoxy) is 2. The molecule has 7 nitrogen and oxygen atoms in total. The average molecular weight is 410 g/mol. The van der Waals surface area contributed by atoms with Gasteiger partial charge in [-0.25, -0.2) is 4.79 Å². The van der Waals surface area contributed by atoms with Crippen LogP contribution in [0.1, 0.15) is 30.1 Å². The first-order valence-electron chi connectivity index (χ1n) is 10.0. The van der Waals surface area contributed by atoms with E-state index in [0.29, 0.717) is 17.5 Å². The Bertz CT molecular complexity index is 873. The van der Waals surface area contributed by atoms with E-state index in [1.165, 1.54) is 12.8 Å². The van der Waals surface area contributed by atoms with Crippen molar-refractivity contribution in [3.8, 4) is 5.75 Å². The summed E-state index contributed by atoms with van der Waals surface area (Å²) in [6.45, 7) is 3.56. The molecule has 0 bridgehead atoms. The smallest absolute Gasteiger partial charge is 0.344 e. The van der Waals surface area contributed by atoms with E-state index in [9.17, 15) is 14.4 Å². The summed E-state index contributed by atoms with van der Waals surface area (Å²) in [5.74, 6) is -0.0680. The minimum atomic E-state index is -0.694. The highest BCUT2D eigenvalue weighted by Gasteiger charge is 2.16. The zero-order valence-electron chi connectivity index (χ0n) is 17.0. The Kier molecular flexibility index (Phi) is 7.43. The zero-order valence-corrected chi connectivity index (χ0v) is 17.0. The Labute approximate surface area is 176 Å². The molecule has 0 saturated carbocycles. The van der Waals surface area contributed by atoms with Crippen LogP contribution >= 0.6 is 0 Å². The largest absolute Gasteiger partial charge is 0.481 e. The summed E-state index contributed by atoms with van der Waals surface area (Å²) in [6, 6.07) is 14.2. The minimum absolute atomic E-state index is 0.289. The Hall–Kier alpha value is -3.35. The van der Waals surface area contributed by atoms with Gasteiger partial charge in [0.15, 0.2) is 19.5 Å². The second kappa shape index (κ2) is 10.4. The van der Waals surface area contributed by atoms with Gasteiger partial charge < -0.3 is 19.7 Å². The van der Waals surface area contributed by atoms with Crippen molar-refractivity contribution in [2.45, 2.75) is 19.8 Å². The maximum Gasteiger partial charge on any atom is 0.344 e. The maximum absolute atomic E-state index is 12.0. The lowest BCUT2D eigenvalue weighted by atomic mass is 9.99. The lowest BCUT2D eigenvalue weighted by Crippen LogP contribution is -2.32. The molecule has 2 aromatic rings. The monoisotopic (exact) mass is 410 g/mol. The molecule has 0 spiro atoms. The van der Waals surface area contributed by atoms with Gasteiger partial charge in [-0.1, -0.05) is 19.1 Å². The molecular formula is C23H26N2O5. The number of hydrogen-bond acceptors (Lipinski definition) is 6. The van der Waals surface area contributed by atoms with Crippen molar-refractivity contribution in [2.75, 3.05) is 36.5 Å². The Morgan fingerprint density at radius 3 is 2.47 bits per heavy atom. The first-order chi connectivity index (χ1) is 14.5. The van der Waals surface area contributed by atoms with E-state index in [-0.39, 0.29) is 12.4 Å². The number of hydrogen-bond donors (Lipinski definition) is 1. The van der Waals surface area contributed by atoms with Crippen molar-refractivity contribution < 1.29 is 23.9 Å². The van der Waals surface area contributed by atoms with Crippen LogP contribution < -0.4 is 15.0 Å². The van der Waals surface area contributed by atoms with Crippen LogP contribution in [-0.4, -0.2) is 44.5 Å². The molecule has 1 aliphatic heterocycles. The lowest BCUT2D eigenvalue weighted by molar-refractivity contribution is -0.149. The van der Waals surface area contributed by atoms with Gasteiger partial charge >= 0.3 is 5.97 Å². The third-order valence-electron chi connectivity index (χ3n) is 5.06. The number of carbonyl (C=O) groups is 3. The molecule has 1 heterocycles. The fourth-order valence-corrected chi connectivity index (χ4v) is 3.25. The second-order valence-electron chi connectivity index (χ2n) is 7.37. The highest BCUT2D eigenvalue weighted by Crippen LogP contribution is 2.24.